The van der Waals surface area contributed by atoms with Gasteiger partial charge in [0.1, 0.15) is 23.4 Å². The Hall–Kier alpha value is -4.38. The summed E-state index contributed by atoms with van der Waals surface area (Å²) in [5.74, 6) is -1.04. The molecule has 1 aromatic rings. The van der Waals surface area contributed by atoms with E-state index in [0.29, 0.717) is 22.2 Å². The number of likely N-dealkylation sites (N-methyl/N-ethyl adjacent to an activating group) is 2. The van der Waals surface area contributed by atoms with E-state index in [1.54, 1.807) is 32.2 Å². The minimum Gasteiger partial charge on any atom is -0.493 e. The number of esters is 1. The molecule has 1 fully saturated rings. The number of nitrogens with one attached hydrogen (secondary N) is 1. The van der Waals surface area contributed by atoms with E-state index in [9.17, 15) is 19.6 Å². The number of fused-ring (bicyclic) bond motifs is 1. The van der Waals surface area contributed by atoms with Crippen LogP contribution in [-0.4, -0.2) is 85.8 Å². The summed E-state index contributed by atoms with van der Waals surface area (Å²) >= 11 is 1.16. The molecule has 3 N–H and O–H groups in total. The third-order valence-electron chi connectivity index (χ3n) is 6.48. The molecular weight excluding hydrogens is 528 g/mol. The number of methoxy groups -OCH3 is 2. The number of allylic oxidation sites excluding steroid dienone is 1. The Labute approximate surface area is 229 Å². The highest BCUT2D eigenvalue weighted by Crippen LogP contribution is 2.43. The van der Waals surface area contributed by atoms with Gasteiger partial charge in [-0.15, -0.1) is 0 Å². The number of nitriles is 1. The van der Waals surface area contributed by atoms with Crippen molar-refractivity contribution in [1.29, 1.82) is 5.26 Å². The van der Waals surface area contributed by atoms with Crippen molar-refractivity contribution in [1.82, 2.24) is 15.1 Å². The van der Waals surface area contributed by atoms with E-state index >= 15 is 0 Å². The average molecular weight is 557 g/mol. The van der Waals surface area contributed by atoms with Crippen molar-refractivity contribution in [3.63, 3.8) is 0 Å². The van der Waals surface area contributed by atoms with Crippen LogP contribution < -0.4 is 20.5 Å². The normalized spacial score (nSPS) is 22.6. The third kappa shape index (κ3) is 4.92. The van der Waals surface area contributed by atoms with Gasteiger partial charge >= 0.3 is 12.0 Å². The van der Waals surface area contributed by atoms with E-state index in [4.69, 9.17) is 24.7 Å². The van der Waals surface area contributed by atoms with Gasteiger partial charge in [-0.2, -0.15) is 5.26 Å². The van der Waals surface area contributed by atoms with Crippen molar-refractivity contribution in [2.75, 3.05) is 40.7 Å². The number of urea groups is 1. The summed E-state index contributed by atoms with van der Waals surface area (Å²) in [6.07, 6.45) is -0.704. The summed E-state index contributed by atoms with van der Waals surface area (Å²) in [5, 5.41) is 13.4. The first-order valence-electron chi connectivity index (χ1n) is 11.9. The molecule has 3 aliphatic heterocycles. The van der Waals surface area contributed by atoms with Crippen LogP contribution in [0.2, 0.25) is 0 Å². The fourth-order valence-electron chi connectivity index (χ4n) is 4.53. The number of nitrogens with zero attached hydrogens (tertiary/aromatic N) is 4. The van der Waals surface area contributed by atoms with Crippen LogP contribution in [-0.2, 0) is 19.1 Å². The molecule has 3 atom stereocenters. The Bertz CT molecular complexity index is 1350. The zero-order chi connectivity index (χ0) is 28.4. The van der Waals surface area contributed by atoms with Crippen LogP contribution >= 0.6 is 11.8 Å². The summed E-state index contributed by atoms with van der Waals surface area (Å²) in [4.78, 5) is 45.1. The highest BCUT2D eigenvalue weighted by molar-refractivity contribution is 8.14. The van der Waals surface area contributed by atoms with Crippen LogP contribution in [0.25, 0.3) is 0 Å². The van der Waals surface area contributed by atoms with Crippen LogP contribution in [0, 0.1) is 11.3 Å². The van der Waals surface area contributed by atoms with E-state index in [2.05, 4.69) is 16.4 Å². The maximum absolute atomic E-state index is 13.3. The number of imide groups is 1. The number of carbonyl (C=O) groups excluding carboxylic acids is 3. The quantitative estimate of drug-likeness (QED) is 0.463. The predicted octanol–water partition coefficient (Wildman–Crippen LogP) is 1.24. The number of ether oxygens (including phenoxy) is 4. The minimum absolute atomic E-state index is 0.0372. The minimum atomic E-state index is -0.904. The molecule has 0 aromatic heterocycles. The number of benzene rings is 1. The number of nitrogens with two attached hydrogens (primary N) is 1. The summed E-state index contributed by atoms with van der Waals surface area (Å²) < 4.78 is 21.9. The molecule has 3 amide bonds. The van der Waals surface area contributed by atoms with Gasteiger partial charge in [0.15, 0.2) is 22.8 Å². The molecule has 14 heteroatoms. The molecule has 0 saturated carbocycles. The summed E-state index contributed by atoms with van der Waals surface area (Å²) in [5.41, 5.74) is 6.83. The van der Waals surface area contributed by atoms with Gasteiger partial charge in [-0.3, -0.25) is 9.69 Å². The number of aliphatic imine (C=N–C) groups is 1. The summed E-state index contributed by atoms with van der Waals surface area (Å²) in [7, 11) is 5.95. The number of hydrogen-bond donors (Lipinski definition) is 2. The van der Waals surface area contributed by atoms with Gasteiger partial charge in [0.05, 0.1) is 38.1 Å². The van der Waals surface area contributed by atoms with Crippen molar-refractivity contribution >= 4 is 34.8 Å². The molecule has 0 bridgehead atoms. The number of hydrogen-bond acceptors (Lipinski definition) is 12. The lowest BCUT2D eigenvalue weighted by atomic mass is 9.83. The molecule has 1 saturated heterocycles. The second-order valence-electron chi connectivity index (χ2n) is 8.65. The van der Waals surface area contributed by atoms with Crippen molar-refractivity contribution in [3.8, 4) is 17.6 Å². The molecule has 3 unspecified atom stereocenters. The molecule has 206 valence electrons. The molecule has 0 radical (unpaired) electrons. The zero-order valence-corrected chi connectivity index (χ0v) is 22.8. The average Bonchev–Trinajstić information content (AvgIpc) is 3.37. The maximum Gasteiger partial charge on any atom is 0.338 e. The van der Waals surface area contributed by atoms with Crippen LogP contribution in [0.5, 0.6) is 11.5 Å². The van der Waals surface area contributed by atoms with Crippen LogP contribution in [0.15, 0.2) is 46.0 Å². The van der Waals surface area contributed by atoms with E-state index in [-0.39, 0.29) is 35.1 Å². The Kier molecular flexibility index (Phi) is 7.91. The lowest BCUT2D eigenvalue weighted by Crippen LogP contribution is -2.63. The molecule has 0 aliphatic carbocycles. The molecule has 3 heterocycles. The molecular formula is C25H28N6O7S. The van der Waals surface area contributed by atoms with Crippen molar-refractivity contribution in [2.24, 2.45) is 10.7 Å². The first-order chi connectivity index (χ1) is 18.7. The van der Waals surface area contributed by atoms with Gasteiger partial charge in [-0.05, 0) is 24.6 Å². The first kappa shape index (κ1) is 27.6. The molecule has 13 nitrogen and oxygen atoms in total. The van der Waals surface area contributed by atoms with E-state index in [1.807, 2.05) is 0 Å². The standard InChI is InChI=1S/C25H28N6O7S/c1-6-37-23(33)18-16(11-39-24-28-19-21(29-24)30(2)25(34)31(3)22(19)32)38-20(27)13(10-26)17(18)12-7-8-14(35-4)15(9-12)36-5/h7-9,17,19,21H,6,11,27H2,1-5H3,(H,28,29). The second-order valence-corrected chi connectivity index (χ2v) is 9.61. The first-order valence-corrected chi connectivity index (χ1v) is 12.9. The lowest BCUT2D eigenvalue weighted by molar-refractivity contribution is -0.139. The molecule has 0 spiro atoms. The van der Waals surface area contributed by atoms with Crippen LogP contribution in [0.1, 0.15) is 18.4 Å². The van der Waals surface area contributed by atoms with E-state index in [1.165, 1.54) is 26.2 Å². The van der Waals surface area contributed by atoms with Gasteiger partial charge in [0, 0.05) is 14.1 Å². The fraction of sp³-hybridized carbons (Fsp3) is 0.400. The Morgan fingerprint density at radius 2 is 1.97 bits per heavy atom. The van der Waals surface area contributed by atoms with Crippen LogP contribution in [0.3, 0.4) is 0 Å². The SMILES string of the molecule is CCOC(=O)C1=C(CSC2=NC3C(N2)C(=O)N(C)C(=O)N3C)OC(N)=C(C#N)C1c1ccc(OC)c(OC)c1. The highest BCUT2D eigenvalue weighted by atomic mass is 32.2. The van der Waals surface area contributed by atoms with E-state index < -0.39 is 36.0 Å². The topological polar surface area (TPSA) is 169 Å². The largest absolute Gasteiger partial charge is 0.493 e. The Morgan fingerprint density at radius 3 is 2.62 bits per heavy atom. The number of thioether (sulfide) groups is 1. The van der Waals surface area contributed by atoms with Crippen LogP contribution in [0.4, 0.5) is 4.79 Å². The predicted molar refractivity (Wildman–Crippen MR) is 140 cm³/mol. The van der Waals surface area contributed by atoms with Gasteiger partial charge in [-0.1, -0.05) is 17.8 Å². The monoisotopic (exact) mass is 556 g/mol. The molecule has 39 heavy (non-hydrogen) atoms. The number of amides is 3. The zero-order valence-electron chi connectivity index (χ0n) is 22.0. The van der Waals surface area contributed by atoms with Crippen molar-refractivity contribution in [2.45, 2.75) is 25.0 Å². The number of carbonyl (C=O) groups is 3. The number of amidine groups is 1. The second kappa shape index (κ2) is 11.2. The molecule has 3 aliphatic rings. The Morgan fingerprint density at radius 1 is 1.26 bits per heavy atom. The summed E-state index contributed by atoms with van der Waals surface area (Å²) in [6.45, 7) is 1.76. The fourth-order valence-corrected chi connectivity index (χ4v) is 5.40. The smallest absolute Gasteiger partial charge is 0.338 e. The van der Waals surface area contributed by atoms with Gasteiger partial charge in [-0.25, -0.2) is 14.6 Å². The summed E-state index contributed by atoms with van der Waals surface area (Å²) in [6, 6.07) is 5.89. The highest BCUT2D eigenvalue weighted by Gasteiger charge is 2.47. The van der Waals surface area contributed by atoms with Gasteiger partial charge in [0.25, 0.3) is 5.91 Å². The van der Waals surface area contributed by atoms with Gasteiger partial charge < -0.3 is 34.9 Å². The molecule has 4 rings (SSSR count). The van der Waals surface area contributed by atoms with Crippen molar-refractivity contribution < 1.29 is 33.3 Å². The maximum atomic E-state index is 13.3. The third-order valence-corrected chi connectivity index (χ3v) is 7.39. The number of rotatable bonds is 7. The lowest BCUT2D eigenvalue weighted by Gasteiger charge is -2.36. The van der Waals surface area contributed by atoms with Gasteiger partial charge in [0.2, 0.25) is 5.88 Å². The van der Waals surface area contributed by atoms with Crippen molar-refractivity contribution in [3.05, 3.63) is 46.6 Å². The van der Waals surface area contributed by atoms with E-state index in [0.717, 1.165) is 16.7 Å². The Balaban J connectivity index is 1.71. The molecule has 1 aromatic carbocycles.